The molecule has 0 aliphatic heterocycles. The molecule has 0 atom stereocenters. The number of pyridine rings is 1. The van der Waals surface area contributed by atoms with Crippen molar-refractivity contribution >= 4 is 17.0 Å². The maximum absolute atomic E-state index is 13.2. The van der Waals surface area contributed by atoms with Crippen molar-refractivity contribution in [2.24, 2.45) is 5.92 Å². The third-order valence-corrected chi connectivity index (χ3v) is 5.99. The van der Waals surface area contributed by atoms with Crippen LogP contribution in [-0.2, 0) is 0 Å². The van der Waals surface area contributed by atoms with Crippen molar-refractivity contribution in [2.75, 3.05) is 6.61 Å². The van der Waals surface area contributed by atoms with Gasteiger partial charge in [0, 0.05) is 30.7 Å². The molecule has 0 bridgehead atoms. The summed E-state index contributed by atoms with van der Waals surface area (Å²) >= 11 is 0. The van der Waals surface area contributed by atoms with E-state index in [4.69, 9.17) is 9.84 Å². The monoisotopic (exact) mass is 413 g/mol. The van der Waals surface area contributed by atoms with Gasteiger partial charge in [0.15, 0.2) is 11.3 Å². The SMILES string of the molecule is O=C(O)c1cc(OCC2CC(F)(F)C2)c2c(C3CCC3)nn(-c3ccccc3)c2n1. The minimum Gasteiger partial charge on any atom is -0.492 e. The molecule has 2 aromatic heterocycles. The highest BCUT2D eigenvalue weighted by atomic mass is 19.3. The molecule has 156 valence electrons. The molecule has 0 saturated heterocycles. The van der Waals surface area contributed by atoms with Crippen molar-refractivity contribution in [3.05, 3.63) is 47.8 Å². The third kappa shape index (κ3) is 3.30. The van der Waals surface area contributed by atoms with E-state index >= 15 is 0 Å². The van der Waals surface area contributed by atoms with E-state index in [0.717, 1.165) is 30.6 Å². The number of ether oxygens (including phenoxy) is 1. The lowest BCUT2D eigenvalue weighted by Crippen LogP contribution is -2.38. The number of para-hydroxylation sites is 1. The van der Waals surface area contributed by atoms with Gasteiger partial charge in [-0.1, -0.05) is 24.6 Å². The van der Waals surface area contributed by atoms with Crippen molar-refractivity contribution < 1.29 is 23.4 Å². The second-order valence-corrected chi connectivity index (χ2v) is 8.21. The van der Waals surface area contributed by atoms with Crippen LogP contribution in [0.2, 0.25) is 0 Å². The Morgan fingerprint density at radius 3 is 2.57 bits per heavy atom. The first-order chi connectivity index (χ1) is 14.4. The largest absolute Gasteiger partial charge is 0.492 e. The Hall–Kier alpha value is -3.03. The second kappa shape index (κ2) is 7.04. The molecule has 5 rings (SSSR count). The minimum atomic E-state index is -2.62. The molecular weight excluding hydrogens is 392 g/mol. The van der Waals surface area contributed by atoms with Crippen LogP contribution in [0, 0.1) is 5.92 Å². The first kappa shape index (κ1) is 19.0. The Balaban J connectivity index is 1.62. The number of fused-ring (bicyclic) bond motifs is 1. The van der Waals surface area contributed by atoms with Crippen LogP contribution >= 0.6 is 0 Å². The summed E-state index contributed by atoms with van der Waals surface area (Å²) < 4.78 is 34.0. The summed E-state index contributed by atoms with van der Waals surface area (Å²) in [5.41, 5.74) is 1.86. The fourth-order valence-electron chi connectivity index (χ4n) is 4.16. The molecule has 8 heteroatoms. The number of hydrogen-bond acceptors (Lipinski definition) is 4. The van der Waals surface area contributed by atoms with Gasteiger partial charge in [0.25, 0.3) is 0 Å². The molecule has 1 N–H and O–H groups in total. The number of hydrogen-bond donors (Lipinski definition) is 1. The Labute approximate surface area is 171 Å². The maximum atomic E-state index is 13.2. The van der Waals surface area contributed by atoms with Crippen LogP contribution in [0.3, 0.4) is 0 Å². The lowest BCUT2D eigenvalue weighted by Gasteiger charge is -2.34. The van der Waals surface area contributed by atoms with Crippen LogP contribution < -0.4 is 4.74 Å². The first-order valence-corrected chi connectivity index (χ1v) is 10.1. The number of aromatic nitrogens is 3. The van der Waals surface area contributed by atoms with Gasteiger partial charge in [0.1, 0.15) is 5.75 Å². The molecule has 1 aromatic carbocycles. The van der Waals surface area contributed by atoms with Crippen LogP contribution in [0.4, 0.5) is 8.78 Å². The first-order valence-electron chi connectivity index (χ1n) is 10.1. The summed E-state index contributed by atoms with van der Waals surface area (Å²) in [5, 5.41) is 15.0. The normalized spacial score (nSPS) is 18.7. The highest BCUT2D eigenvalue weighted by Crippen LogP contribution is 2.44. The second-order valence-electron chi connectivity index (χ2n) is 8.21. The van der Waals surface area contributed by atoms with Crippen molar-refractivity contribution in [3.63, 3.8) is 0 Å². The van der Waals surface area contributed by atoms with Gasteiger partial charge in [-0.05, 0) is 25.0 Å². The van der Waals surface area contributed by atoms with Crippen LogP contribution in [0.1, 0.15) is 54.2 Å². The van der Waals surface area contributed by atoms with E-state index < -0.39 is 11.9 Å². The maximum Gasteiger partial charge on any atom is 0.354 e. The van der Waals surface area contributed by atoms with Gasteiger partial charge in [-0.2, -0.15) is 5.10 Å². The van der Waals surface area contributed by atoms with E-state index in [9.17, 15) is 18.7 Å². The number of halogens is 2. The molecule has 0 spiro atoms. The van der Waals surface area contributed by atoms with Gasteiger partial charge in [-0.15, -0.1) is 0 Å². The average molecular weight is 413 g/mol. The Kier molecular flexibility index (Phi) is 4.45. The molecule has 0 radical (unpaired) electrons. The highest BCUT2D eigenvalue weighted by Gasteiger charge is 2.45. The molecular formula is C22H21F2N3O3. The molecule has 2 heterocycles. The summed E-state index contributed by atoms with van der Waals surface area (Å²) in [6.07, 6.45) is 2.70. The van der Waals surface area contributed by atoms with Crippen LogP contribution in [0.15, 0.2) is 36.4 Å². The van der Waals surface area contributed by atoms with Gasteiger partial charge in [0.2, 0.25) is 5.92 Å². The Bertz CT molecular complexity index is 1100. The molecule has 6 nitrogen and oxygen atoms in total. The summed E-state index contributed by atoms with van der Waals surface area (Å²) in [6, 6.07) is 10.8. The smallest absolute Gasteiger partial charge is 0.354 e. The van der Waals surface area contributed by atoms with Gasteiger partial charge in [-0.3, -0.25) is 0 Å². The number of carboxylic acids is 1. The number of alkyl halides is 2. The van der Waals surface area contributed by atoms with E-state index in [0.29, 0.717) is 16.8 Å². The van der Waals surface area contributed by atoms with Crippen LogP contribution in [-0.4, -0.2) is 38.4 Å². The van der Waals surface area contributed by atoms with Gasteiger partial charge in [0.05, 0.1) is 23.4 Å². The van der Waals surface area contributed by atoms with Crippen molar-refractivity contribution in [2.45, 2.75) is 43.9 Å². The molecule has 3 aromatic rings. The molecule has 2 aliphatic rings. The topological polar surface area (TPSA) is 77.2 Å². The lowest BCUT2D eigenvalue weighted by molar-refractivity contribution is -0.118. The summed E-state index contributed by atoms with van der Waals surface area (Å²) in [5.74, 6) is -3.43. The third-order valence-electron chi connectivity index (χ3n) is 5.99. The molecule has 2 saturated carbocycles. The van der Waals surface area contributed by atoms with Crippen LogP contribution in [0.25, 0.3) is 16.7 Å². The number of rotatable bonds is 6. The zero-order chi connectivity index (χ0) is 20.9. The van der Waals surface area contributed by atoms with E-state index in [1.165, 1.54) is 6.07 Å². The highest BCUT2D eigenvalue weighted by molar-refractivity contribution is 5.94. The van der Waals surface area contributed by atoms with E-state index in [-0.39, 0.29) is 37.0 Å². The molecule has 0 unspecified atom stereocenters. The van der Waals surface area contributed by atoms with Crippen molar-refractivity contribution in [1.29, 1.82) is 0 Å². The molecule has 30 heavy (non-hydrogen) atoms. The minimum absolute atomic E-state index is 0.119. The molecule has 2 aliphatic carbocycles. The van der Waals surface area contributed by atoms with Gasteiger partial charge >= 0.3 is 5.97 Å². The number of aromatic carboxylic acids is 1. The van der Waals surface area contributed by atoms with Crippen molar-refractivity contribution in [1.82, 2.24) is 14.8 Å². The summed E-state index contributed by atoms with van der Waals surface area (Å²) in [4.78, 5) is 16.1. The number of carbonyl (C=O) groups is 1. The zero-order valence-electron chi connectivity index (χ0n) is 16.2. The number of carboxylic acid groups (broad SMARTS) is 1. The predicted octanol–water partition coefficient (Wildman–Crippen LogP) is 4.81. The van der Waals surface area contributed by atoms with E-state index in [1.54, 1.807) is 4.68 Å². The Morgan fingerprint density at radius 1 is 1.23 bits per heavy atom. The quantitative estimate of drug-likeness (QED) is 0.628. The van der Waals surface area contributed by atoms with Crippen LogP contribution in [0.5, 0.6) is 5.75 Å². The average Bonchev–Trinajstić information content (AvgIpc) is 3.03. The lowest BCUT2D eigenvalue weighted by atomic mass is 9.81. The summed E-state index contributed by atoms with van der Waals surface area (Å²) in [7, 11) is 0. The van der Waals surface area contributed by atoms with Gasteiger partial charge in [-0.25, -0.2) is 23.2 Å². The number of nitrogens with zero attached hydrogens (tertiary/aromatic N) is 3. The van der Waals surface area contributed by atoms with Crippen molar-refractivity contribution in [3.8, 4) is 11.4 Å². The zero-order valence-corrected chi connectivity index (χ0v) is 16.2. The Morgan fingerprint density at radius 2 is 1.97 bits per heavy atom. The number of benzene rings is 1. The summed E-state index contributed by atoms with van der Waals surface area (Å²) in [6.45, 7) is 0.119. The standard InChI is InChI=1S/C22H21F2N3O3/c23-22(24)10-13(11-22)12-30-17-9-16(21(28)29)25-20-18(17)19(14-5-4-6-14)26-27(20)15-7-2-1-3-8-15/h1-3,7-9,13-14H,4-6,10-12H2,(H,28,29). The van der Waals surface area contributed by atoms with E-state index in [1.807, 2.05) is 30.3 Å². The fraction of sp³-hybridized carbons (Fsp3) is 0.409. The van der Waals surface area contributed by atoms with Gasteiger partial charge < -0.3 is 9.84 Å². The molecule has 0 amide bonds. The fourth-order valence-corrected chi connectivity index (χ4v) is 4.16. The molecule has 2 fully saturated rings. The van der Waals surface area contributed by atoms with E-state index in [2.05, 4.69) is 4.98 Å². The predicted molar refractivity (Wildman–Crippen MR) is 106 cm³/mol.